The maximum Gasteiger partial charge on any atom is 0.180 e. The molecule has 0 fully saturated rings. The van der Waals surface area contributed by atoms with Crippen LogP contribution in [0.1, 0.15) is 27.2 Å². The molecule has 1 N–H and O–H groups in total. The average Bonchev–Trinajstić information content (AvgIpc) is 2.29. The molecule has 1 aromatic rings. The van der Waals surface area contributed by atoms with Crippen molar-refractivity contribution in [1.29, 1.82) is 0 Å². The number of anilines is 1. The lowest BCUT2D eigenvalue weighted by molar-refractivity contribution is 0.593. The molecular formula is C13H20ClNO2S. The molecule has 18 heavy (non-hydrogen) atoms. The van der Waals surface area contributed by atoms with Crippen LogP contribution in [0.3, 0.4) is 0 Å². The number of hydrogen-bond acceptors (Lipinski definition) is 3. The Morgan fingerprint density at radius 2 is 1.89 bits per heavy atom. The van der Waals surface area contributed by atoms with Gasteiger partial charge in [-0.3, -0.25) is 0 Å². The maximum atomic E-state index is 12.2. The van der Waals surface area contributed by atoms with E-state index < -0.39 is 9.84 Å². The summed E-state index contributed by atoms with van der Waals surface area (Å²) in [6.07, 6.45) is 0.607. The highest BCUT2D eigenvalue weighted by atomic mass is 35.5. The van der Waals surface area contributed by atoms with E-state index in [0.29, 0.717) is 22.9 Å². The highest BCUT2D eigenvalue weighted by Crippen LogP contribution is 2.25. The van der Waals surface area contributed by atoms with E-state index in [1.54, 1.807) is 18.2 Å². The van der Waals surface area contributed by atoms with Gasteiger partial charge < -0.3 is 5.32 Å². The van der Waals surface area contributed by atoms with Crippen molar-refractivity contribution >= 4 is 27.1 Å². The molecule has 0 saturated heterocycles. The van der Waals surface area contributed by atoms with Crippen molar-refractivity contribution in [3.05, 3.63) is 24.3 Å². The molecule has 0 spiro atoms. The molecule has 102 valence electrons. The van der Waals surface area contributed by atoms with Crippen LogP contribution in [0.4, 0.5) is 5.69 Å². The van der Waals surface area contributed by atoms with Crippen molar-refractivity contribution in [1.82, 2.24) is 0 Å². The van der Waals surface area contributed by atoms with Crippen molar-refractivity contribution in [3.63, 3.8) is 0 Å². The highest BCUT2D eigenvalue weighted by molar-refractivity contribution is 7.91. The first-order valence-electron chi connectivity index (χ1n) is 5.98. The van der Waals surface area contributed by atoms with Crippen molar-refractivity contribution < 1.29 is 8.42 Å². The fourth-order valence-electron chi connectivity index (χ4n) is 1.62. The zero-order chi connectivity index (χ0) is 13.8. The molecule has 5 heteroatoms. The van der Waals surface area contributed by atoms with E-state index >= 15 is 0 Å². The van der Waals surface area contributed by atoms with Gasteiger partial charge in [0.25, 0.3) is 0 Å². The minimum Gasteiger partial charge on any atom is -0.378 e. The van der Waals surface area contributed by atoms with Crippen LogP contribution < -0.4 is 5.32 Å². The Labute approximate surface area is 114 Å². The Bertz CT molecular complexity index is 497. The molecule has 0 aliphatic rings. The lowest BCUT2D eigenvalue weighted by Gasteiger charge is -2.26. The van der Waals surface area contributed by atoms with Crippen molar-refractivity contribution in [2.45, 2.75) is 37.6 Å². The summed E-state index contributed by atoms with van der Waals surface area (Å²) in [5.41, 5.74) is 0.274. The second-order valence-corrected chi connectivity index (χ2v) is 7.30. The Hall–Kier alpha value is -0.740. The Balaban J connectivity index is 3.15. The van der Waals surface area contributed by atoms with Crippen LogP contribution in [0.25, 0.3) is 0 Å². The van der Waals surface area contributed by atoms with Crippen molar-refractivity contribution in [2.24, 2.45) is 0 Å². The average molecular weight is 290 g/mol. The predicted molar refractivity (Wildman–Crippen MR) is 77.2 cm³/mol. The summed E-state index contributed by atoms with van der Waals surface area (Å²) in [6, 6.07) is 6.97. The van der Waals surface area contributed by atoms with Crippen LogP contribution in [-0.2, 0) is 9.84 Å². The second kappa shape index (κ2) is 5.93. The molecule has 1 rings (SSSR count). The van der Waals surface area contributed by atoms with Gasteiger partial charge in [0.15, 0.2) is 9.84 Å². The van der Waals surface area contributed by atoms with Crippen LogP contribution in [0.5, 0.6) is 0 Å². The number of rotatable bonds is 6. The topological polar surface area (TPSA) is 46.2 Å². The van der Waals surface area contributed by atoms with Gasteiger partial charge in [0, 0.05) is 11.4 Å². The fraction of sp³-hybridized carbons (Fsp3) is 0.538. The molecule has 1 aromatic carbocycles. The Kier molecular flexibility index (Phi) is 5.05. The van der Waals surface area contributed by atoms with Gasteiger partial charge in [-0.25, -0.2) is 8.42 Å². The van der Waals surface area contributed by atoms with Crippen LogP contribution in [-0.4, -0.2) is 25.6 Å². The van der Waals surface area contributed by atoms with Crippen LogP contribution in [0.15, 0.2) is 29.2 Å². The van der Waals surface area contributed by atoms with Gasteiger partial charge in [-0.15, -0.1) is 11.6 Å². The molecule has 0 aliphatic heterocycles. The third kappa shape index (κ3) is 3.89. The summed E-state index contributed by atoms with van der Waals surface area (Å²) in [5.74, 6) is 0.558. The summed E-state index contributed by atoms with van der Waals surface area (Å²) in [4.78, 5) is 0.352. The van der Waals surface area contributed by atoms with Crippen LogP contribution in [0, 0.1) is 0 Å². The molecule has 3 nitrogen and oxygen atoms in total. The van der Waals surface area contributed by atoms with Gasteiger partial charge in [0.2, 0.25) is 0 Å². The molecule has 0 radical (unpaired) electrons. The maximum absolute atomic E-state index is 12.2. The second-order valence-electron chi connectivity index (χ2n) is 4.96. The lowest BCUT2D eigenvalue weighted by atomic mass is 10.1. The van der Waals surface area contributed by atoms with E-state index in [9.17, 15) is 8.42 Å². The smallest absolute Gasteiger partial charge is 0.180 e. The largest absolute Gasteiger partial charge is 0.378 e. The summed E-state index contributed by atoms with van der Waals surface area (Å²) < 4.78 is 24.3. The molecule has 0 heterocycles. The Morgan fingerprint density at radius 1 is 1.28 bits per heavy atom. The monoisotopic (exact) mass is 289 g/mol. The molecule has 0 unspecified atom stereocenters. The van der Waals surface area contributed by atoms with Crippen molar-refractivity contribution in [3.8, 4) is 0 Å². The quantitative estimate of drug-likeness (QED) is 0.817. The third-order valence-electron chi connectivity index (χ3n) is 2.50. The molecule has 0 aromatic heterocycles. The highest BCUT2D eigenvalue weighted by Gasteiger charge is 2.22. The van der Waals surface area contributed by atoms with E-state index in [1.807, 2.05) is 26.8 Å². The first-order chi connectivity index (χ1) is 8.32. The fourth-order valence-corrected chi connectivity index (χ4v) is 3.18. The Morgan fingerprint density at radius 3 is 2.44 bits per heavy atom. The first-order valence-corrected chi connectivity index (χ1v) is 8.17. The van der Waals surface area contributed by atoms with E-state index in [0.717, 1.165) is 0 Å². The van der Waals surface area contributed by atoms with Gasteiger partial charge >= 0.3 is 0 Å². The van der Waals surface area contributed by atoms with E-state index in [1.165, 1.54) is 0 Å². The van der Waals surface area contributed by atoms with Gasteiger partial charge in [-0.1, -0.05) is 19.1 Å². The number of nitrogens with one attached hydrogen (secondary N) is 1. The summed E-state index contributed by atoms with van der Waals surface area (Å²) >= 11 is 5.86. The summed E-state index contributed by atoms with van der Waals surface area (Å²) in [6.45, 7) is 5.72. The summed E-state index contributed by atoms with van der Waals surface area (Å²) in [7, 11) is -3.23. The van der Waals surface area contributed by atoms with E-state index in [-0.39, 0.29) is 11.3 Å². The first kappa shape index (κ1) is 15.3. The molecule has 0 amide bonds. The number of para-hydroxylation sites is 1. The number of halogens is 1. The molecule has 0 atom stereocenters. The number of sulfone groups is 1. The van der Waals surface area contributed by atoms with Gasteiger partial charge in [-0.05, 0) is 32.4 Å². The minimum atomic E-state index is -3.23. The van der Waals surface area contributed by atoms with Crippen molar-refractivity contribution in [2.75, 3.05) is 16.9 Å². The minimum absolute atomic E-state index is 0.160. The molecule has 0 aliphatic carbocycles. The van der Waals surface area contributed by atoms with Gasteiger partial charge in [0.05, 0.1) is 16.3 Å². The zero-order valence-corrected chi connectivity index (χ0v) is 12.6. The number of benzene rings is 1. The molecule has 0 saturated carbocycles. The number of hydrogen-bond donors (Lipinski definition) is 1. The summed E-state index contributed by atoms with van der Waals surface area (Å²) in [5, 5.41) is 3.19. The normalized spacial score (nSPS) is 12.4. The SMILES string of the molecule is CCCS(=O)(=O)c1ccccc1NC(C)(C)CCl. The standard InChI is InChI=1S/C13H20ClNO2S/c1-4-9-18(16,17)12-8-6-5-7-11(12)15-13(2,3)10-14/h5-8,15H,4,9-10H2,1-3H3. The predicted octanol–water partition coefficient (Wildman–Crippen LogP) is 3.30. The zero-order valence-electron chi connectivity index (χ0n) is 11.0. The van der Waals surface area contributed by atoms with Crippen LogP contribution in [0.2, 0.25) is 0 Å². The third-order valence-corrected chi connectivity index (χ3v) is 5.14. The molecule has 0 bridgehead atoms. The van der Waals surface area contributed by atoms with Crippen LogP contribution >= 0.6 is 11.6 Å². The van der Waals surface area contributed by atoms with E-state index in [2.05, 4.69) is 5.32 Å². The lowest BCUT2D eigenvalue weighted by Crippen LogP contribution is -2.33. The number of alkyl halides is 1. The van der Waals surface area contributed by atoms with E-state index in [4.69, 9.17) is 11.6 Å². The van der Waals surface area contributed by atoms with Gasteiger partial charge in [-0.2, -0.15) is 0 Å². The molecular weight excluding hydrogens is 270 g/mol. The van der Waals surface area contributed by atoms with Gasteiger partial charge in [0.1, 0.15) is 0 Å².